The second-order valence-corrected chi connectivity index (χ2v) is 8.20. The van der Waals surface area contributed by atoms with E-state index in [1.165, 1.54) is 17.0 Å². The number of rotatable bonds is 6. The Morgan fingerprint density at radius 3 is 2.35 bits per heavy atom. The van der Waals surface area contributed by atoms with Gasteiger partial charge in [-0.25, -0.2) is 8.42 Å². The molecule has 1 heterocycles. The van der Waals surface area contributed by atoms with Crippen molar-refractivity contribution in [3.63, 3.8) is 0 Å². The Kier molecular flexibility index (Phi) is 6.30. The van der Waals surface area contributed by atoms with Gasteiger partial charge >= 0.3 is 0 Å². The summed E-state index contributed by atoms with van der Waals surface area (Å²) in [6.45, 7) is 1.94. The van der Waals surface area contributed by atoms with Crippen molar-refractivity contribution in [3.05, 3.63) is 29.3 Å². The van der Waals surface area contributed by atoms with Crippen molar-refractivity contribution in [1.82, 2.24) is 4.90 Å². The Morgan fingerprint density at radius 1 is 1.17 bits per heavy atom. The molecule has 1 aromatic rings. The average molecular weight is 359 g/mol. The van der Waals surface area contributed by atoms with Crippen molar-refractivity contribution in [2.75, 3.05) is 30.2 Å². The van der Waals surface area contributed by atoms with Crippen LogP contribution in [0.1, 0.15) is 32.1 Å². The zero-order valence-corrected chi connectivity index (χ0v) is 14.9. The highest BCUT2D eigenvalue weighted by atomic mass is 35.5. The number of hydrogen-bond acceptors (Lipinski definition) is 3. The molecule has 0 N–H and O–H groups in total. The molecule has 1 saturated heterocycles. The number of piperidine rings is 1. The van der Waals surface area contributed by atoms with E-state index < -0.39 is 10.0 Å². The van der Waals surface area contributed by atoms with Crippen LogP contribution in [0.15, 0.2) is 24.3 Å². The molecule has 5 nitrogen and oxygen atoms in total. The number of benzene rings is 1. The first kappa shape index (κ1) is 18.1. The first-order valence-corrected chi connectivity index (χ1v) is 10.1. The standard InChI is InChI=1S/C16H23ClN2O3S/c1-23(21,22)19(15-9-7-14(17)8-10-15)13-5-6-16(20)18-11-3-2-4-12-18/h7-10H,2-6,11-13H2,1H3. The molecule has 1 fully saturated rings. The zero-order chi connectivity index (χ0) is 16.9. The third-order valence-electron chi connectivity index (χ3n) is 3.98. The van der Waals surface area contributed by atoms with E-state index in [1.54, 1.807) is 24.3 Å². The fourth-order valence-corrected chi connectivity index (χ4v) is 3.86. The minimum absolute atomic E-state index is 0.120. The molecule has 23 heavy (non-hydrogen) atoms. The van der Waals surface area contributed by atoms with Gasteiger partial charge in [-0.3, -0.25) is 9.10 Å². The van der Waals surface area contributed by atoms with E-state index in [4.69, 9.17) is 11.6 Å². The summed E-state index contributed by atoms with van der Waals surface area (Å²) in [6, 6.07) is 6.67. The van der Waals surface area contributed by atoms with Crippen LogP contribution in [0.25, 0.3) is 0 Å². The maximum Gasteiger partial charge on any atom is 0.232 e. The van der Waals surface area contributed by atoms with E-state index >= 15 is 0 Å². The van der Waals surface area contributed by atoms with Crippen LogP contribution in [0.3, 0.4) is 0 Å². The number of carbonyl (C=O) groups is 1. The highest BCUT2D eigenvalue weighted by Gasteiger charge is 2.20. The van der Waals surface area contributed by atoms with Gasteiger partial charge in [-0.2, -0.15) is 0 Å². The normalized spacial score (nSPS) is 15.5. The Morgan fingerprint density at radius 2 is 1.78 bits per heavy atom. The molecule has 0 aromatic heterocycles. The third-order valence-corrected chi connectivity index (χ3v) is 5.42. The molecule has 0 atom stereocenters. The number of sulfonamides is 1. The molecule has 0 unspecified atom stereocenters. The summed E-state index contributed by atoms with van der Waals surface area (Å²) >= 11 is 5.84. The second-order valence-electron chi connectivity index (χ2n) is 5.86. The summed E-state index contributed by atoms with van der Waals surface area (Å²) in [5.41, 5.74) is 0.572. The monoisotopic (exact) mass is 358 g/mol. The molecule has 0 saturated carbocycles. The molecule has 1 aliphatic rings. The van der Waals surface area contributed by atoms with Crippen LogP contribution in [-0.2, 0) is 14.8 Å². The number of hydrogen-bond donors (Lipinski definition) is 0. The summed E-state index contributed by atoms with van der Waals surface area (Å²) < 4.78 is 25.3. The van der Waals surface area contributed by atoms with Crippen molar-refractivity contribution >= 4 is 33.2 Å². The van der Waals surface area contributed by atoms with Crippen LogP contribution in [0.4, 0.5) is 5.69 Å². The van der Waals surface area contributed by atoms with Crippen LogP contribution in [0.2, 0.25) is 5.02 Å². The van der Waals surface area contributed by atoms with Gasteiger partial charge in [0.05, 0.1) is 11.9 Å². The minimum Gasteiger partial charge on any atom is -0.343 e. The van der Waals surface area contributed by atoms with E-state index in [0.29, 0.717) is 30.1 Å². The number of amides is 1. The summed E-state index contributed by atoms with van der Waals surface area (Å²) in [6.07, 6.45) is 5.36. The smallest absolute Gasteiger partial charge is 0.232 e. The molecule has 2 rings (SSSR count). The highest BCUT2D eigenvalue weighted by Crippen LogP contribution is 2.21. The molecule has 0 spiro atoms. The van der Waals surface area contributed by atoms with Gasteiger partial charge in [-0.15, -0.1) is 0 Å². The van der Waals surface area contributed by atoms with Crippen molar-refractivity contribution < 1.29 is 13.2 Å². The third kappa shape index (κ3) is 5.39. The zero-order valence-electron chi connectivity index (χ0n) is 13.4. The fourth-order valence-electron chi connectivity index (χ4n) is 2.77. The van der Waals surface area contributed by atoms with Gasteiger partial charge in [0, 0.05) is 31.1 Å². The maximum absolute atomic E-state index is 12.2. The van der Waals surface area contributed by atoms with E-state index in [-0.39, 0.29) is 5.91 Å². The SMILES string of the molecule is CS(=O)(=O)N(CCCC(=O)N1CCCCC1)c1ccc(Cl)cc1. The summed E-state index contributed by atoms with van der Waals surface area (Å²) in [7, 11) is -3.39. The van der Waals surface area contributed by atoms with Crippen molar-refractivity contribution in [3.8, 4) is 0 Å². The average Bonchev–Trinajstić information content (AvgIpc) is 2.52. The Balaban J connectivity index is 1.94. The maximum atomic E-state index is 12.2. The molecule has 0 aliphatic carbocycles. The van der Waals surface area contributed by atoms with Gasteiger partial charge in [0.15, 0.2) is 0 Å². The fraction of sp³-hybridized carbons (Fsp3) is 0.562. The van der Waals surface area contributed by atoms with Crippen LogP contribution < -0.4 is 4.31 Å². The van der Waals surface area contributed by atoms with Gasteiger partial charge in [-0.1, -0.05) is 11.6 Å². The summed E-state index contributed by atoms with van der Waals surface area (Å²) in [5.74, 6) is 0.120. The quantitative estimate of drug-likeness (QED) is 0.785. The van der Waals surface area contributed by atoms with Gasteiger partial charge in [0.2, 0.25) is 15.9 Å². The molecule has 128 valence electrons. The molecule has 1 aliphatic heterocycles. The molecular weight excluding hydrogens is 336 g/mol. The first-order chi connectivity index (χ1) is 10.9. The number of halogens is 1. The molecule has 0 bridgehead atoms. The van der Waals surface area contributed by atoms with Crippen LogP contribution in [0, 0.1) is 0 Å². The Hall–Kier alpha value is -1.27. The van der Waals surface area contributed by atoms with Crippen LogP contribution in [-0.4, -0.2) is 45.1 Å². The predicted octanol–water partition coefficient (Wildman–Crippen LogP) is 2.90. The van der Waals surface area contributed by atoms with Crippen molar-refractivity contribution in [2.45, 2.75) is 32.1 Å². The molecule has 7 heteroatoms. The largest absolute Gasteiger partial charge is 0.343 e. The van der Waals surface area contributed by atoms with Gasteiger partial charge < -0.3 is 4.90 Å². The number of carbonyl (C=O) groups excluding carboxylic acids is 1. The number of nitrogens with zero attached hydrogens (tertiary/aromatic N) is 2. The van der Waals surface area contributed by atoms with Gasteiger partial charge in [0.25, 0.3) is 0 Å². The summed E-state index contributed by atoms with van der Waals surface area (Å²) in [5, 5.41) is 0.558. The second kappa shape index (κ2) is 8.02. The lowest BCUT2D eigenvalue weighted by molar-refractivity contribution is -0.132. The van der Waals surface area contributed by atoms with E-state index in [9.17, 15) is 13.2 Å². The number of likely N-dealkylation sites (tertiary alicyclic amines) is 1. The first-order valence-electron chi connectivity index (χ1n) is 7.89. The molecular formula is C16H23ClN2O3S. The van der Waals surface area contributed by atoms with Gasteiger partial charge in [0.1, 0.15) is 0 Å². The van der Waals surface area contributed by atoms with Crippen LogP contribution in [0.5, 0.6) is 0 Å². The summed E-state index contributed by atoms with van der Waals surface area (Å²) in [4.78, 5) is 14.0. The van der Waals surface area contributed by atoms with Gasteiger partial charge in [-0.05, 0) is 49.9 Å². The molecule has 0 radical (unpaired) electrons. The number of anilines is 1. The van der Waals surface area contributed by atoms with E-state index in [0.717, 1.165) is 25.9 Å². The van der Waals surface area contributed by atoms with E-state index in [2.05, 4.69) is 0 Å². The van der Waals surface area contributed by atoms with Crippen molar-refractivity contribution in [1.29, 1.82) is 0 Å². The molecule has 1 amide bonds. The predicted molar refractivity (Wildman–Crippen MR) is 93.3 cm³/mol. The Bertz CT molecular complexity index is 625. The Labute approximate surface area is 143 Å². The van der Waals surface area contributed by atoms with E-state index in [1.807, 2.05) is 4.90 Å². The minimum atomic E-state index is -3.39. The van der Waals surface area contributed by atoms with Crippen LogP contribution >= 0.6 is 11.6 Å². The lowest BCUT2D eigenvalue weighted by Gasteiger charge is -2.27. The molecule has 1 aromatic carbocycles. The van der Waals surface area contributed by atoms with Crippen molar-refractivity contribution in [2.24, 2.45) is 0 Å². The highest BCUT2D eigenvalue weighted by molar-refractivity contribution is 7.92. The lowest BCUT2D eigenvalue weighted by Crippen LogP contribution is -2.36. The topological polar surface area (TPSA) is 57.7 Å². The lowest BCUT2D eigenvalue weighted by atomic mass is 10.1.